The molecule has 0 amide bonds. The Labute approximate surface area is 99.9 Å². The van der Waals surface area contributed by atoms with Gasteiger partial charge in [0.1, 0.15) is 11.4 Å². The highest BCUT2D eigenvalue weighted by molar-refractivity contribution is 7.99. The lowest BCUT2D eigenvalue weighted by Gasteiger charge is -2.02. The van der Waals surface area contributed by atoms with Gasteiger partial charge in [0.05, 0.1) is 9.82 Å². The summed E-state index contributed by atoms with van der Waals surface area (Å²) in [5.74, 6) is -0.853. The molecule has 5 nitrogen and oxygen atoms in total. The van der Waals surface area contributed by atoms with Gasteiger partial charge in [0.2, 0.25) is 5.82 Å². The molecule has 86 valence electrons. The number of hydrogen-bond donors (Lipinski definition) is 0. The highest BCUT2D eigenvalue weighted by Gasteiger charge is 2.20. The molecule has 2 aromatic rings. The van der Waals surface area contributed by atoms with E-state index in [4.69, 9.17) is 0 Å². The molecule has 1 aromatic carbocycles. The Kier molecular flexibility index (Phi) is 3.29. The number of para-hydroxylation sites is 1. The minimum Gasteiger partial charge on any atom is -0.258 e. The van der Waals surface area contributed by atoms with Gasteiger partial charge < -0.3 is 0 Å². The van der Waals surface area contributed by atoms with Gasteiger partial charge in [0.25, 0.3) is 0 Å². The Morgan fingerprint density at radius 1 is 1.35 bits per heavy atom. The number of nitro groups is 1. The number of halogens is 1. The SMILES string of the molecule is O=[N+]([O-])c1c(F)cccc1Sc1ccncn1. The fourth-order valence-corrected chi connectivity index (χ4v) is 2.08. The molecule has 0 aliphatic heterocycles. The van der Waals surface area contributed by atoms with Crippen LogP contribution in [0.1, 0.15) is 0 Å². The lowest BCUT2D eigenvalue weighted by molar-refractivity contribution is -0.390. The van der Waals surface area contributed by atoms with Crippen molar-refractivity contribution in [1.82, 2.24) is 9.97 Å². The fraction of sp³-hybridized carbons (Fsp3) is 0. The van der Waals surface area contributed by atoms with E-state index in [-0.39, 0.29) is 4.90 Å². The summed E-state index contributed by atoms with van der Waals surface area (Å²) in [7, 11) is 0. The van der Waals surface area contributed by atoms with Crippen molar-refractivity contribution in [3.63, 3.8) is 0 Å². The minimum atomic E-state index is -0.853. The molecule has 0 aliphatic rings. The van der Waals surface area contributed by atoms with Crippen LogP contribution in [-0.4, -0.2) is 14.9 Å². The van der Waals surface area contributed by atoms with Crippen molar-refractivity contribution in [2.24, 2.45) is 0 Å². The third-order valence-corrected chi connectivity index (χ3v) is 2.90. The maximum Gasteiger partial charge on any atom is 0.318 e. The van der Waals surface area contributed by atoms with Gasteiger partial charge in [-0.05, 0) is 18.2 Å². The van der Waals surface area contributed by atoms with E-state index in [1.807, 2.05) is 0 Å². The van der Waals surface area contributed by atoms with E-state index in [9.17, 15) is 14.5 Å². The molecular weight excluding hydrogens is 245 g/mol. The average molecular weight is 251 g/mol. The highest BCUT2D eigenvalue weighted by Crippen LogP contribution is 2.34. The van der Waals surface area contributed by atoms with E-state index >= 15 is 0 Å². The molecule has 0 bridgehead atoms. The Morgan fingerprint density at radius 3 is 2.82 bits per heavy atom. The van der Waals surface area contributed by atoms with Crippen LogP contribution in [0, 0.1) is 15.9 Å². The molecule has 0 atom stereocenters. The molecule has 17 heavy (non-hydrogen) atoms. The first-order valence-electron chi connectivity index (χ1n) is 4.55. The van der Waals surface area contributed by atoms with E-state index in [0.29, 0.717) is 5.03 Å². The van der Waals surface area contributed by atoms with Gasteiger partial charge in [-0.15, -0.1) is 0 Å². The van der Waals surface area contributed by atoms with Gasteiger partial charge in [0, 0.05) is 6.20 Å². The summed E-state index contributed by atoms with van der Waals surface area (Å²) in [4.78, 5) is 17.9. The molecule has 0 saturated heterocycles. The number of rotatable bonds is 3. The van der Waals surface area contributed by atoms with Gasteiger partial charge in [-0.25, -0.2) is 9.97 Å². The van der Waals surface area contributed by atoms with Crippen LogP contribution in [-0.2, 0) is 0 Å². The second-order valence-electron chi connectivity index (χ2n) is 2.99. The zero-order valence-electron chi connectivity index (χ0n) is 8.41. The van der Waals surface area contributed by atoms with Crippen molar-refractivity contribution >= 4 is 17.4 Å². The Balaban J connectivity index is 2.40. The summed E-state index contributed by atoms with van der Waals surface area (Å²) < 4.78 is 13.3. The molecule has 0 fully saturated rings. The molecule has 0 aliphatic carbocycles. The van der Waals surface area contributed by atoms with Crippen molar-refractivity contribution in [3.05, 3.63) is 52.7 Å². The Bertz CT molecular complexity index is 551. The van der Waals surface area contributed by atoms with E-state index < -0.39 is 16.4 Å². The van der Waals surface area contributed by atoms with Crippen LogP contribution in [0.3, 0.4) is 0 Å². The summed E-state index contributed by atoms with van der Waals surface area (Å²) in [5.41, 5.74) is -0.531. The van der Waals surface area contributed by atoms with E-state index in [1.165, 1.54) is 24.7 Å². The number of nitrogens with zero attached hydrogens (tertiary/aromatic N) is 3. The topological polar surface area (TPSA) is 68.9 Å². The van der Waals surface area contributed by atoms with Crippen LogP contribution in [0.2, 0.25) is 0 Å². The molecule has 0 radical (unpaired) electrons. The normalized spacial score (nSPS) is 10.2. The minimum absolute atomic E-state index is 0.216. The summed E-state index contributed by atoms with van der Waals surface area (Å²) >= 11 is 1.02. The molecule has 0 spiro atoms. The number of aromatic nitrogens is 2. The van der Waals surface area contributed by atoms with Crippen LogP contribution < -0.4 is 0 Å². The highest BCUT2D eigenvalue weighted by atomic mass is 32.2. The maximum absolute atomic E-state index is 13.3. The van der Waals surface area contributed by atoms with Gasteiger partial charge in [-0.2, -0.15) is 4.39 Å². The molecule has 0 saturated carbocycles. The first-order valence-corrected chi connectivity index (χ1v) is 5.37. The monoisotopic (exact) mass is 251 g/mol. The van der Waals surface area contributed by atoms with Gasteiger partial charge in [-0.3, -0.25) is 10.1 Å². The lowest BCUT2D eigenvalue weighted by Crippen LogP contribution is -1.95. The van der Waals surface area contributed by atoms with E-state index in [2.05, 4.69) is 9.97 Å². The molecule has 1 heterocycles. The second-order valence-corrected chi connectivity index (χ2v) is 4.06. The number of nitro benzene ring substituents is 1. The number of hydrogen-bond acceptors (Lipinski definition) is 5. The number of benzene rings is 1. The Hall–Kier alpha value is -2.02. The van der Waals surface area contributed by atoms with Gasteiger partial charge >= 0.3 is 5.69 Å². The first kappa shape index (κ1) is 11.5. The zero-order valence-corrected chi connectivity index (χ0v) is 9.22. The van der Waals surface area contributed by atoms with E-state index in [1.54, 1.807) is 6.07 Å². The largest absolute Gasteiger partial charge is 0.318 e. The molecule has 0 N–H and O–H groups in total. The molecule has 7 heteroatoms. The smallest absolute Gasteiger partial charge is 0.258 e. The van der Waals surface area contributed by atoms with Crippen molar-refractivity contribution in [2.75, 3.05) is 0 Å². The zero-order chi connectivity index (χ0) is 12.3. The second kappa shape index (κ2) is 4.88. The molecule has 0 unspecified atom stereocenters. The molecular formula is C10H6FN3O2S. The lowest BCUT2D eigenvalue weighted by atomic mass is 10.3. The van der Waals surface area contributed by atoms with E-state index in [0.717, 1.165) is 17.8 Å². The third kappa shape index (κ3) is 2.56. The summed E-state index contributed by atoms with van der Waals surface area (Å²) in [6.07, 6.45) is 2.84. The summed E-state index contributed by atoms with van der Waals surface area (Å²) in [6.45, 7) is 0. The van der Waals surface area contributed by atoms with Crippen LogP contribution in [0.5, 0.6) is 0 Å². The quantitative estimate of drug-likeness (QED) is 0.476. The standard InChI is InChI=1S/C10H6FN3O2S/c11-7-2-1-3-8(10(7)14(15)16)17-9-4-5-12-6-13-9/h1-6H. The predicted molar refractivity (Wildman–Crippen MR) is 59.2 cm³/mol. The fourth-order valence-electron chi connectivity index (χ4n) is 1.21. The van der Waals surface area contributed by atoms with Crippen molar-refractivity contribution in [1.29, 1.82) is 0 Å². The van der Waals surface area contributed by atoms with Crippen molar-refractivity contribution in [2.45, 2.75) is 9.92 Å². The summed E-state index contributed by atoms with van der Waals surface area (Å²) in [6, 6.07) is 5.56. The third-order valence-electron chi connectivity index (χ3n) is 1.90. The van der Waals surface area contributed by atoms with Crippen molar-refractivity contribution in [3.8, 4) is 0 Å². The van der Waals surface area contributed by atoms with Crippen LogP contribution >= 0.6 is 11.8 Å². The van der Waals surface area contributed by atoms with Gasteiger partial charge in [-0.1, -0.05) is 17.8 Å². The van der Waals surface area contributed by atoms with Gasteiger partial charge in [0.15, 0.2) is 0 Å². The van der Waals surface area contributed by atoms with Crippen LogP contribution in [0.4, 0.5) is 10.1 Å². The Morgan fingerprint density at radius 2 is 2.18 bits per heavy atom. The predicted octanol–water partition coefficient (Wildman–Crippen LogP) is 2.68. The van der Waals surface area contributed by atoms with Crippen molar-refractivity contribution < 1.29 is 9.31 Å². The first-order chi connectivity index (χ1) is 8.18. The molecule has 2 rings (SSSR count). The average Bonchev–Trinajstić information content (AvgIpc) is 2.30. The van der Waals surface area contributed by atoms with Crippen LogP contribution in [0.15, 0.2) is 46.7 Å². The van der Waals surface area contributed by atoms with Crippen LogP contribution in [0.25, 0.3) is 0 Å². The molecule has 1 aromatic heterocycles. The summed E-state index contributed by atoms with van der Waals surface area (Å²) in [5, 5.41) is 11.3. The maximum atomic E-state index is 13.3.